The van der Waals surface area contributed by atoms with Gasteiger partial charge in [0, 0.05) is 21.2 Å². The van der Waals surface area contributed by atoms with Crippen LogP contribution in [0.3, 0.4) is 0 Å². The van der Waals surface area contributed by atoms with Gasteiger partial charge in [-0.2, -0.15) is 14.6 Å². The number of carbonyl (C=O) groups excluding carboxylic acids is 1. The summed E-state index contributed by atoms with van der Waals surface area (Å²) in [5.74, 6) is 1.38. The molecule has 2 N–H and O–H groups in total. The van der Waals surface area contributed by atoms with Crippen LogP contribution in [0.1, 0.15) is 32.2 Å². The number of alkyl carbamates (subject to hydrolysis) is 1. The number of fused-ring (bicyclic) bond motifs is 2. The third-order valence-corrected chi connectivity index (χ3v) is 8.91. The van der Waals surface area contributed by atoms with Gasteiger partial charge in [0.1, 0.15) is 18.2 Å². The molecule has 1 aromatic carbocycles. The second kappa shape index (κ2) is 13.1. The Kier molecular flexibility index (Phi) is 9.98. The number of aromatic nitrogens is 6. The average Bonchev–Trinajstić information content (AvgIpc) is 3.44. The van der Waals surface area contributed by atoms with Crippen molar-refractivity contribution in [3.8, 4) is 0 Å². The fraction of sp³-hybridized carbons (Fsp3) is 0.519. The van der Waals surface area contributed by atoms with Crippen molar-refractivity contribution in [3.63, 3.8) is 0 Å². The Balaban J connectivity index is 1.60. The van der Waals surface area contributed by atoms with Crippen LogP contribution in [0.2, 0.25) is 25.7 Å². The molecule has 4 rings (SSSR count). The molecule has 4 aromatic rings. The summed E-state index contributed by atoms with van der Waals surface area (Å²) in [5.41, 5.74) is 3.06. The first kappa shape index (κ1) is 31.3. The maximum atomic E-state index is 12.2. The van der Waals surface area contributed by atoms with E-state index >= 15 is 0 Å². The van der Waals surface area contributed by atoms with Gasteiger partial charge in [0.25, 0.3) is 0 Å². The third kappa shape index (κ3) is 8.43. The van der Waals surface area contributed by atoms with Crippen molar-refractivity contribution in [2.24, 2.45) is 0 Å². The molecule has 0 atom stereocenters. The fourth-order valence-corrected chi connectivity index (χ4v) is 5.59. The zero-order valence-electron chi connectivity index (χ0n) is 24.7. The Morgan fingerprint density at radius 3 is 2.66 bits per heavy atom. The summed E-state index contributed by atoms with van der Waals surface area (Å²) in [6, 6.07) is 7.13. The van der Waals surface area contributed by atoms with Crippen LogP contribution >= 0.6 is 27.7 Å². The summed E-state index contributed by atoms with van der Waals surface area (Å²) in [6.07, 6.45) is 3.84. The summed E-state index contributed by atoms with van der Waals surface area (Å²) < 4.78 is 16.2. The Labute approximate surface area is 254 Å². The van der Waals surface area contributed by atoms with Crippen LogP contribution in [0.15, 0.2) is 34.0 Å². The van der Waals surface area contributed by atoms with Crippen molar-refractivity contribution in [2.45, 2.75) is 76.9 Å². The lowest BCUT2D eigenvalue weighted by molar-refractivity contribution is 0.0528. The highest BCUT2D eigenvalue weighted by Gasteiger charge is 2.19. The number of benzene rings is 1. The number of anilines is 1. The van der Waals surface area contributed by atoms with Gasteiger partial charge in [-0.25, -0.2) is 14.8 Å². The minimum Gasteiger partial charge on any atom is -0.444 e. The molecule has 0 bridgehead atoms. The monoisotopic (exact) mass is 662 g/mol. The van der Waals surface area contributed by atoms with E-state index in [2.05, 4.69) is 71.9 Å². The molecule has 0 spiro atoms. The standard InChI is InChI=1S/C27H39BrN8O3SSi/c1-27(2,3)39-26(37)29-12-11-18-9-8-10-20-22(18)35(17-38-13-14-41(5,6)7)21(32-20)16-30-24-34-25(40-4)33-23-19(28)15-31-36(23)24/h8-10,15H,11-14,16-17H2,1-7H3,(H,29,37)(H,30,33,34). The average molecular weight is 664 g/mol. The molecule has 0 aliphatic carbocycles. The predicted molar refractivity (Wildman–Crippen MR) is 169 cm³/mol. The maximum absolute atomic E-state index is 12.2. The normalized spacial score (nSPS) is 12.3. The van der Waals surface area contributed by atoms with Gasteiger partial charge in [-0.05, 0) is 67.1 Å². The van der Waals surface area contributed by atoms with E-state index in [1.165, 1.54) is 11.8 Å². The van der Waals surface area contributed by atoms with Crippen molar-refractivity contribution < 1.29 is 14.3 Å². The molecule has 0 saturated heterocycles. The van der Waals surface area contributed by atoms with Gasteiger partial charge >= 0.3 is 6.09 Å². The molecule has 0 saturated carbocycles. The van der Waals surface area contributed by atoms with E-state index in [9.17, 15) is 4.79 Å². The zero-order chi connectivity index (χ0) is 29.8. The van der Waals surface area contributed by atoms with Gasteiger partial charge in [-0.3, -0.25) is 0 Å². The first-order chi connectivity index (χ1) is 19.3. The lowest BCUT2D eigenvalue weighted by Gasteiger charge is -2.20. The molecule has 11 nitrogen and oxygen atoms in total. The molecule has 0 radical (unpaired) electrons. The van der Waals surface area contributed by atoms with Gasteiger partial charge < -0.3 is 24.7 Å². The molecule has 1 amide bonds. The number of hydrogen-bond acceptors (Lipinski definition) is 9. The van der Waals surface area contributed by atoms with Crippen molar-refractivity contribution in [1.29, 1.82) is 0 Å². The zero-order valence-corrected chi connectivity index (χ0v) is 28.1. The second-order valence-electron chi connectivity index (χ2n) is 11.9. The van der Waals surface area contributed by atoms with Crippen LogP contribution in [-0.2, 0) is 29.2 Å². The molecule has 0 aliphatic rings. The van der Waals surface area contributed by atoms with Crippen LogP contribution in [0.25, 0.3) is 16.7 Å². The highest BCUT2D eigenvalue weighted by atomic mass is 79.9. The van der Waals surface area contributed by atoms with Gasteiger partial charge in [0.2, 0.25) is 5.95 Å². The first-order valence-corrected chi connectivity index (χ1v) is 19.3. The summed E-state index contributed by atoms with van der Waals surface area (Å²) in [7, 11) is -1.24. The van der Waals surface area contributed by atoms with Gasteiger partial charge in [0.05, 0.1) is 28.2 Å². The molecule has 3 heterocycles. The minimum atomic E-state index is -1.24. The van der Waals surface area contributed by atoms with E-state index in [-0.39, 0.29) is 0 Å². The molecule has 222 valence electrons. The smallest absolute Gasteiger partial charge is 0.407 e. The molecule has 3 aromatic heterocycles. The van der Waals surface area contributed by atoms with Crippen LogP contribution in [-0.4, -0.2) is 68.3 Å². The number of hydrogen-bond donors (Lipinski definition) is 2. The van der Waals surface area contributed by atoms with E-state index in [0.29, 0.717) is 49.6 Å². The number of para-hydroxylation sites is 1. The van der Waals surface area contributed by atoms with Crippen molar-refractivity contribution in [1.82, 2.24) is 34.4 Å². The Morgan fingerprint density at radius 2 is 1.95 bits per heavy atom. The predicted octanol–water partition coefficient (Wildman–Crippen LogP) is 5.95. The molecule has 0 fully saturated rings. The number of halogens is 1. The molecule has 14 heteroatoms. The van der Waals surface area contributed by atoms with Crippen LogP contribution in [0.4, 0.5) is 10.7 Å². The highest BCUT2D eigenvalue weighted by Crippen LogP contribution is 2.24. The van der Waals surface area contributed by atoms with Crippen molar-refractivity contribution >= 4 is 64.5 Å². The first-order valence-electron chi connectivity index (χ1n) is 13.6. The van der Waals surface area contributed by atoms with Crippen LogP contribution < -0.4 is 10.6 Å². The number of imidazole rings is 1. The van der Waals surface area contributed by atoms with Crippen molar-refractivity contribution in [2.75, 3.05) is 24.7 Å². The summed E-state index contributed by atoms with van der Waals surface area (Å²) in [6.45, 7) is 14.5. The van der Waals surface area contributed by atoms with E-state index < -0.39 is 19.8 Å². The van der Waals surface area contributed by atoms with Crippen LogP contribution in [0.5, 0.6) is 0 Å². The summed E-state index contributed by atoms with van der Waals surface area (Å²) in [5, 5.41) is 11.3. The van der Waals surface area contributed by atoms with E-state index in [1.54, 1.807) is 10.7 Å². The topological polar surface area (TPSA) is 120 Å². The Hall–Kier alpha value is -2.68. The number of rotatable bonds is 12. The number of nitrogens with one attached hydrogen (secondary N) is 2. The number of carbonyl (C=O) groups is 1. The largest absolute Gasteiger partial charge is 0.444 e. The lowest BCUT2D eigenvalue weighted by Crippen LogP contribution is -2.33. The number of amides is 1. The highest BCUT2D eigenvalue weighted by molar-refractivity contribution is 9.10. The van der Waals surface area contributed by atoms with E-state index in [4.69, 9.17) is 14.5 Å². The number of nitrogens with zero attached hydrogens (tertiary/aromatic N) is 6. The maximum Gasteiger partial charge on any atom is 0.407 e. The minimum absolute atomic E-state index is 0.372. The van der Waals surface area contributed by atoms with Gasteiger partial charge in [-0.1, -0.05) is 43.5 Å². The Morgan fingerprint density at radius 1 is 1.17 bits per heavy atom. The quantitative estimate of drug-likeness (QED) is 0.108. The van der Waals surface area contributed by atoms with Gasteiger partial charge in [0.15, 0.2) is 10.8 Å². The van der Waals surface area contributed by atoms with E-state index in [0.717, 1.165) is 32.9 Å². The number of thioether (sulfide) groups is 1. The molecular formula is C27H39BrN8O3SSi. The van der Waals surface area contributed by atoms with Gasteiger partial charge in [-0.15, -0.1) is 0 Å². The third-order valence-electron chi connectivity index (χ3n) is 6.10. The van der Waals surface area contributed by atoms with Crippen molar-refractivity contribution in [3.05, 3.63) is 40.3 Å². The molecule has 0 aliphatic heterocycles. The number of ether oxygens (including phenoxy) is 2. The summed E-state index contributed by atoms with van der Waals surface area (Å²) >= 11 is 4.99. The van der Waals surface area contributed by atoms with E-state index in [1.807, 2.05) is 39.2 Å². The fourth-order valence-electron chi connectivity index (χ4n) is 4.13. The van der Waals surface area contributed by atoms with Crippen LogP contribution in [0, 0.1) is 0 Å². The molecule has 41 heavy (non-hydrogen) atoms. The lowest BCUT2D eigenvalue weighted by atomic mass is 10.1. The molecular weight excluding hydrogens is 624 g/mol. The second-order valence-corrected chi connectivity index (χ2v) is 19.1. The SMILES string of the molecule is CSc1nc(NCc2nc3cccc(CCNC(=O)OC(C)(C)C)c3n2COCC[Si](C)(C)C)n2ncc(Br)c2n1. The molecule has 0 unspecified atom stereocenters. The summed E-state index contributed by atoms with van der Waals surface area (Å²) in [4.78, 5) is 26.4. The Bertz CT molecular complexity index is 1510.